The molecule has 2 heterocycles. The molecule has 1 amide bonds. The van der Waals surface area contributed by atoms with E-state index in [1.807, 2.05) is 18.2 Å². The predicted octanol–water partition coefficient (Wildman–Crippen LogP) is 2.46. The number of amides is 1. The first-order valence-electron chi connectivity index (χ1n) is 8.30. The number of rotatable bonds is 5. The molecule has 24 heavy (non-hydrogen) atoms. The van der Waals surface area contributed by atoms with Crippen LogP contribution in [0, 0.1) is 0 Å². The zero-order valence-corrected chi connectivity index (χ0v) is 13.3. The van der Waals surface area contributed by atoms with E-state index in [1.54, 1.807) is 0 Å². The largest absolute Gasteiger partial charge is 0.454 e. The average molecular weight is 329 g/mol. The highest BCUT2D eigenvalue weighted by atomic mass is 16.7. The molecule has 4 rings (SSSR count). The molecule has 7 heteroatoms. The van der Waals surface area contributed by atoms with Gasteiger partial charge in [0.05, 0.1) is 0 Å². The zero-order valence-electron chi connectivity index (χ0n) is 13.3. The third-order valence-electron chi connectivity index (χ3n) is 4.37. The van der Waals surface area contributed by atoms with Gasteiger partial charge in [-0.1, -0.05) is 12.8 Å². The summed E-state index contributed by atoms with van der Waals surface area (Å²) in [5.74, 6) is 2.30. The lowest BCUT2D eigenvalue weighted by Gasteiger charge is -2.10. The Kier molecular flexibility index (Phi) is 4.06. The van der Waals surface area contributed by atoms with Gasteiger partial charge in [-0.25, -0.2) is 0 Å². The summed E-state index contributed by atoms with van der Waals surface area (Å²) >= 11 is 0. The fraction of sp³-hybridized carbons (Fsp3) is 0.471. The van der Waals surface area contributed by atoms with E-state index < -0.39 is 0 Å². The van der Waals surface area contributed by atoms with Crippen LogP contribution in [0.1, 0.15) is 38.0 Å². The lowest BCUT2D eigenvalue weighted by molar-refractivity contribution is -0.121. The summed E-state index contributed by atoms with van der Waals surface area (Å²) in [5, 5.41) is 11.1. The molecule has 2 aromatic rings. The van der Waals surface area contributed by atoms with Crippen LogP contribution in [0.15, 0.2) is 22.6 Å². The van der Waals surface area contributed by atoms with E-state index in [4.69, 9.17) is 13.9 Å². The van der Waals surface area contributed by atoms with Crippen LogP contribution in [0.4, 0.5) is 0 Å². The Bertz CT molecular complexity index is 737. The highest BCUT2D eigenvalue weighted by Crippen LogP contribution is 2.35. The summed E-state index contributed by atoms with van der Waals surface area (Å²) in [5.41, 5.74) is 0.772. The quantitative estimate of drug-likeness (QED) is 0.907. The summed E-state index contributed by atoms with van der Waals surface area (Å²) in [4.78, 5) is 11.9. The Labute approximate surface area is 139 Å². The molecule has 2 aliphatic rings. The van der Waals surface area contributed by atoms with Gasteiger partial charge in [0, 0.05) is 24.4 Å². The molecule has 1 fully saturated rings. The van der Waals surface area contributed by atoms with Crippen molar-refractivity contribution in [2.75, 3.05) is 6.79 Å². The van der Waals surface area contributed by atoms with Crippen LogP contribution in [-0.2, 0) is 11.2 Å². The van der Waals surface area contributed by atoms with E-state index in [2.05, 4.69) is 15.5 Å². The first kappa shape index (κ1) is 15.0. The van der Waals surface area contributed by atoms with E-state index >= 15 is 0 Å². The van der Waals surface area contributed by atoms with Crippen molar-refractivity contribution in [3.63, 3.8) is 0 Å². The van der Waals surface area contributed by atoms with Gasteiger partial charge < -0.3 is 19.2 Å². The van der Waals surface area contributed by atoms with Crippen molar-refractivity contribution in [3.8, 4) is 23.0 Å². The summed E-state index contributed by atoms with van der Waals surface area (Å²) < 4.78 is 16.3. The number of ether oxygens (including phenoxy) is 2. The minimum Gasteiger partial charge on any atom is -0.454 e. The summed E-state index contributed by atoms with van der Waals surface area (Å²) in [6, 6.07) is 5.81. The number of nitrogens with one attached hydrogen (secondary N) is 1. The molecule has 1 aliphatic carbocycles. The number of hydrogen-bond donors (Lipinski definition) is 1. The molecule has 0 bridgehead atoms. The Hall–Kier alpha value is -2.57. The topological polar surface area (TPSA) is 86.5 Å². The number of aromatic nitrogens is 2. The molecule has 1 aromatic heterocycles. The molecule has 0 radical (unpaired) electrons. The molecular formula is C17H19N3O4. The maximum Gasteiger partial charge on any atom is 0.247 e. The molecule has 1 aromatic carbocycles. The van der Waals surface area contributed by atoms with Gasteiger partial charge >= 0.3 is 0 Å². The number of aryl methyl sites for hydroxylation is 1. The zero-order chi connectivity index (χ0) is 16.4. The van der Waals surface area contributed by atoms with E-state index in [0.717, 1.165) is 18.4 Å². The first-order valence-corrected chi connectivity index (χ1v) is 8.30. The van der Waals surface area contributed by atoms with Crippen molar-refractivity contribution in [1.82, 2.24) is 15.5 Å². The molecular weight excluding hydrogens is 310 g/mol. The van der Waals surface area contributed by atoms with Gasteiger partial charge in [-0.05, 0) is 31.0 Å². The molecule has 1 saturated carbocycles. The van der Waals surface area contributed by atoms with Gasteiger partial charge in [-0.3, -0.25) is 4.79 Å². The molecule has 0 atom stereocenters. The molecule has 7 nitrogen and oxygen atoms in total. The van der Waals surface area contributed by atoms with Crippen LogP contribution in [0.3, 0.4) is 0 Å². The number of hydrogen-bond acceptors (Lipinski definition) is 6. The van der Waals surface area contributed by atoms with Crippen LogP contribution in [-0.4, -0.2) is 28.9 Å². The van der Waals surface area contributed by atoms with Crippen molar-refractivity contribution in [1.29, 1.82) is 0 Å². The van der Waals surface area contributed by atoms with Crippen LogP contribution in [0.5, 0.6) is 11.5 Å². The number of benzene rings is 1. The van der Waals surface area contributed by atoms with Crippen LogP contribution < -0.4 is 14.8 Å². The maximum absolute atomic E-state index is 11.9. The molecule has 0 unspecified atom stereocenters. The standard InChI is InChI=1S/C17H19N3O4/c21-15(18-12-3-1-2-4-12)7-8-16-19-20-17(24-16)11-5-6-13-14(9-11)23-10-22-13/h5-6,9,12H,1-4,7-8,10H2,(H,18,21). The lowest BCUT2D eigenvalue weighted by Crippen LogP contribution is -2.32. The van der Waals surface area contributed by atoms with Gasteiger partial charge in [0.1, 0.15) is 0 Å². The molecule has 0 saturated heterocycles. The fourth-order valence-corrected chi connectivity index (χ4v) is 3.09. The normalized spacial score (nSPS) is 16.5. The Morgan fingerprint density at radius 2 is 2.00 bits per heavy atom. The molecule has 126 valence electrons. The van der Waals surface area contributed by atoms with Crippen LogP contribution in [0.2, 0.25) is 0 Å². The fourth-order valence-electron chi connectivity index (χ4n) is 3.09. The highest BCUT2D eigenvalue weighted by molar-refractivity contribution is 5.76. The van der Waals surface area contributed by atoms with E-state index in [9.17, 15) is 4.79 Å². The predicted molar refractivity (Wildman–Crippen MR) is 84.6 cm³/mol. The number of fused-ring (bicyclic) bond motifs is 1. The van der Waals surface area contributed by atoms with Gasteiger partial charge in [-0.15, -0.1) is 10.2 Å². The molecule has 0 spiro atoms. The second-order valence-electron chi connectivity index (χ2n) is 6.12. The Balaban J connectivity index is 1.35. The smallest absolute Gasteiger partial charge is 0.247 e. The van der Waals surface area contributed by atoms with Crippen LogP contribution in [0.25, 0.3) is 11.5 Å². The van der Waals surface area contributed by atoms with Gasteiger partial charge in [0.25, 0.3) is 0 Å². The second-order valence-corrected chi connectivity index (χ2v) is 6.12. The van der Waals surface area contributed by atoms with Gasteiger partial charge in [0.15, 0.2) is 11.5 Å². The van der Waals surface area contributed by atoms with Crippen molar-refractivity contribution >= 4 is 5.91 Å². The number of carbonyl (C=O) groups excluding carboxylic acids is 1. The molecule has 1 aliphatic heterocycles. The maximum atomic E-state index is 11.9. The lowest BCUT2D eigenvalue weighted by atomic mass is 10.2. The number of nitrogens with zero attached hydrogens (tertiary/aromatic N) is 2. The summed E-state index contributed by atoms with van der Waals surface area (Å²) in [6.45, 7) is 0.226. The van der Waals surface area contributed by atoms with Crippen molar-refractivity contribution in [2.24, 2.45) is 0 Å². The van der Waals surface area contributed by atoms with Gasteiger partial charge in [0.2, 0.25) is 24.5 Å². The molecule has 1 N–H and O–H groups in total. The summed E-state index contributed by atoms with van der Waals surface area (Å²) in [7, 11) is 0. The van der Waals surface area contributed by atoms with E-state index in [-0.39, 0.29) is 12.7 Å². The first-order chi connectivity index (χ1) is 11.8. The van der Waals surface area contributed by atoms with Crippen molar-refractivity contribution in [3.05, 3.63) is 24.1 Å². The van der Waals surface area contributed by atoms with Crippen molar-refractivity contribution in [2.45, 2.75) is 44.6 Å². The summed E-state index contributed by atoms with van der Waals surface area (Å²) in [6.07, 6.45) is 5.37. The third-order valence-corrected chi connectivity index (χ3v) is 4.37. The van der Waals surface area contributed by atoms with E-state index in [0.29, 0.717) is 42.2 Å². The Morgan fingerprint density at radius 1 is 1.17 bits per heavy atom. The second kappa shape index (κ2) is 6.51. The highest BCUT2D eigenvalue weighted by Gasteiger charge is 2.19. The number of carbonyl (C=O) groups is 1. The monoisotopic (exact) mass is 329 g/mol. The van der Waals surface area contributed by atoms with Crippen molar-refractivity contribution < 1.29 is 18.7 Å². The minimum atomic E-state index is 0.0460. The SMILES string of the molecule is O=C(CCc1nnc(-c2ccc3c(c2)OCO3)o1)NC1CCCC1. The third kappa shape index (κ3) is 3.20. The van der Waals surface area contributed by atoms with Gasteiger partial charge in [-0.2, -0.15) is 0 Å². The van der Waals surface area contributed by atoms with E-state index in [1.165, 1.54) is 12.8 Å². The minimum absolute atomic E-state index is 0.0460. The van der Waals surface area contributed by atoms with Crippen LogP contribution >= 0.6 is 0 Å². The average Bonchev–Trinajstić information content (AvgIpc) is 3.33. The Morgan fingerprint density at radius 3 is 2.88 bits per heavy atom.